The van der Waals surface area contributed by atoms with Crippen molar-refractivity contribution in [3.05, 3.63) is 5.69 Å². The second-order valence-corrected chi connectivity index (χ2v) is 9.48. The molecule has 0 aromatic carbocycles. The molecule has 26 heavy (non-hydrogen) atoms. The Hall–Kier alpha value is -1.59. The van der Waals surface area contributed by atoms with Gasteiger partial charge in [0.25, 0.3) is 0 Å². The van der Waals surface area contributed by atoms with Crippen LogP contribution in [0.15, 0.2) is 5.03 Å². The number of ether oxygens (including phenoxy) is 2. The van der Waals surface area contributed by atoms with Gasteiger partial charge in [-0.3, -0.25) is 0 Å². The van der Waals surface area contributed by atoms with Crippen molar-refractivity contribution in [2.45, 2.75) is 49.5 Å². The van der Waals surface area contributed by atoms with Gasteiger partial charge in [-0.2, -0.15) is 8.75 Å². The Morgan fingerprint density at radius 3 is 2.65 bits per heavy atom. The van der Waals surface area contributed by atoms with Crippen LogP contribution >= 0.6 is 11.7 Å². The summed E-state index contributed by atoms with van der Waals surface area (Å²) in [6.45, 7) is 2.90. The van der Waals surface area contributed by atoms with E-state index in [1.165, 1.54) is 0 Å². The fraction of sp³-hybridized carbons (Fsp3) is 0.733. The van der Waals surface area contributed by atoms with Crippen molar-refractivity contribution >= 4 is 33.5 Å². The van der Waals surface area contributed by atoms with Crippen molar-refractivity contribution in [2.24, 2.45) is 5.92 Å². The van der Waals surface area contributed by atoms with E-state index in [4.69, 9.17) is 9.47 Å². The molecule has 3 aliphatic heterocycles. The molecule has 1 aromatic heterocycles. The number of piperidine rings is 1. The molecule has 3 saturated heterocycles. The van der Waals surface area contributed by atoms with Crippen LogP contribution in [-0.4, -0.2) is 58.8 Å². The predicted molar refractivity (Wildman–Crippen MR) is 88.8 cm³/mol. The van der Waals surface area contributed by atoms with E-state index in [-0.39, 0.29) is 22.6 Å². The van der Waals surface area contributed by atoms with Gasteiger partial charge in [-0.25, -0.2) is 22.9 Å². The van der Waals surface area contributed by atoms with Gasteiger partial charge in [0, 0.05) is 25.4 Å². The first-order chi connectivity index (χ1) is 12.4. The molecule has 2 bridgehead atoms. The van der Waals surface area contributed by atoms with Gasteiger partial charge in [-0.05, 0) is 18.8 Å². The normalized spacial score (nSPS) is 29.8. The van der Waals surface area contributed by atoms with E-state index < -0.39 is 27.7 Å². The molecule has 9 nitrogen and oxygen atoms in total. The Balaban J connectivity index is 1.60. The first-order valence-electron chi connectivity index (χ1n) is 8.63. The van der Waals surface area contributed by atoms with Crippen LogP contribution in [0.25, 0.3) is 0 Å². The summed E-state index contributed by atoms with van der Waals surface area (Å²) in [7, 11) is -3.47. The molecular weight excluding hydrogens is 382 g/mol. The fourth-order valence-electron chi connectivity index (χ4n) is 3.96. The molecule has 3 unspecified atom stereocenters. The van der Waals surface area contributed by atoms with Crippen molar-refractivity contribution in [1.82, 2.24) is 13.6 Å². The average Bonchev–Trinajstić information content (AvgIpc) is 3.28. The zero-order valence-electron chi connectivity index (χ0n) is 14.2. The van der Waals surface area contributed by atoms with Gasteiger partial charge in [0.15, 0.2) is 14.9 Å². The highest BCUT2D eigenvalue weighted by Gasteiger charge is 2.60. The number of sulfone groups is 1. The third-order valence-electron chi connectivity index (χ3n) is 5.32. The van der Waals surface area contributed by atoms with Crippen LogP contribution in [0.4, 0.5) is 0 Å². The predicted octanol–water partition coefficient (Wildman–Crippen LogP) is 0.675. The van der Waals surface area contributed by atoms with E-state index in [0.29, 0.717) is 38.0 Å². The minimum absolute atomic E-state index is 0.0577. The minimum atomic E-state index is -3.47. The number of rotatable bonds is 5. The molecule has 0 saturated carbocycles. The minimum Gasteiger partial charge on any atom is -0.400 e. The van der Waals surface area contributed by atoms with E-state index in [1.54, 1.807) is 4.90 Å². The Morgan fingerprint density at radius 2 is 1.96 bits per heavy atom. The third-order valence-corrected chi connectivity index (χ3v) is 7.69. The number of hydrogen-bond donors (Lipinski definition) is 0. The highest BCUT2D eigenvalue weighted by atomic mass is 32.2. The smallest absolute Gasteiger partial charge is 0.400 e. The number of carbonyl (C=O) groups excluding carboxylic acids is 2. The molecule has 3 aliphatic rings. The molecule has 0 amide bonds. The van der Waals surface area contributed by atoms with Gasteiger partial charge in [0.1, 0.15) is 0 Å². The summed E-state index contributed by atoms with van der Waals surface area (Å²) in [5.74, 6) is -3.23. The molecule has 0 N–H and O–H groups in total. The molecule has 3 atom stereocenters. The first kappa shape index (κ1) is 17.8. The second kappa shape index (κ2) is 6.24. The summed E-state index contributed by atoms with van der Waals surface area (Å²) >= 11 is 0.904. The molecule has 1 aromatic rings. The number of carbonyl (C=O) groups is 2. The average molecular weight is 401 g/mol. The van der Waals surface area contributed by atoms with E-state index in [2.05, 4.69) is 8.75 Å². The molecule has 142 valence electrons. The van der Waals surface area contributed by atoms with Crippen LogP contribution in [0.5, 0.6) is 0 Å². The second-order valence-electron chi connectivity index (χ2n) is 6.93. The lowest BCUT2D eigenvalue weighted by Crippen LogP contribution is -2.51. The maximum Gasteiger partial charge on any atom is 0.421 e. The maximum atomic E-state index is 12.6. The number of hydrogen-bond acceptors (Lipinski definition) is 10. The molecule has 0 aliphatic carbocycles. The van der Waals surface area contributed by atoms with E-state index in [0.717, 1.165) is 18.1 Å². The summed E-state index contributed by atoms with van der Waals surface area (Å²) in [6.07, 6.45) is 2.38. The number of esters is 2. The van der Waals surface area contributed by atoms with Gasteiger partial charge in [0.2, 0.25) is 0 Å². The van der Waals surface area contributed by atoms with Crippen molar-refractivity contribution in [1.29, 1.82) is 0 Å². The van der Waals surface area contributed by atoms with E-state index in [9.17, 15) is 18.0 Å². The first-order valence-corrected chi connectivity index (χ1v) is 11.0. The summed E-state index contributed by atoms with van der Waals surface area (Å²) in [4.78, 5) is 24.8. The lowest BCUT2D eigenvalue weighted by atomic mass is 9.88. The topological polar surface area (TPSA) is 116 Å². The largest absolute Gasteiger partial charge is 0.421 e. The van der Waals surface area contributed by atoms with Gasteiger partial charge < -0.3 is 9.47 Å². The Morgan fingerprint density at radius 1 is 1.23 bits per heavy atom. The Bertz CT molecular complexity index is 835. The van der Waals surface area contributed by atoms with Gasteiger partial charge in [-0.1, -0.05) is 13.3 Å². The van der Waals surface area contributed by atoms with Crippen LogP contribution in [0.1, 0.15) is 44.2 Å². The highest BCUT2D eigenvalue weighted by molar-refractivity contribution is 7.91. The summed E-state index contributed by atoms with van der Waals surface area (Å²) in [5.41, 5.74) is 0.492. The lowest BCUT2D eigenvalue weighted by molar-refractivity contribution is -0.257. The Labute approximate surface area is 154 Å². The lowest BCUT2D eigenvalue weighted by Gasteiger charge is -2.37. The Kier molecular flexibility index (Phi) is 4.27. The van der Waals surface area contributed by atoms with Crippen molar-refractivity contribution in [2.75, 3.05) is 18.8 Å². The number of aromatic nitrogens is 2. The molecule has 4 heterocycles. The van der Waals surface area contributed by atoms with Crippen LogP contribution in [-0.2, 0) is 28.9 Å². The van der Waals surface area contributed by atoms with Gasteiger partial charge in [-0.15, -0.1) is 0 Å². The van der Waals surface area contributed by atoms with Crippen molar-refractivity contribution in [3.63, 3.8) is 0 Å². The summed E-state index contributed by atoms with van der Waals surface area (Å²) in [5, 5.41) is 0.0733. The molecular formula is C15H19N3O6S2. The fourth-order valence-corrected chi connectivity index (χ4v) is 6.47. The maximum absolute atomic E-state index is 12.6. The molecule has 11 heteroatoms. The zero-order valence-corrected chi connectivity index (χ0v) is 15.8. The molecule has 0 radical (unpaired) electrons. The number of unbranched alkanes of at least 4 members (excludes halogenated alkanes) is 1. The number of nitrogens with zero attached hydrogens (tertiary/aromatic N) is 3. The van der Waals surface area contributed by atoms with Crippen LogP contribution in [0, 0.1) is 5.92 Å². The number of fused-ring (bicyclic) bond motifs is 3. The van der Waals surface area contributed by atoms with E-state index in [1.807, 2.05) is 6.92 Å². The highest BCUT2D eigenvalue weighted by Crippen LogP contribution is 2.48. The summed E-state index contributed by atoms with van der Waals surface area (Å²) < 4.78 is 44.0. The summed E-state index contributed by atoms with van der Waals surface area (Å²) in [6, 6.07) is 0. The zero-order chi connectivity index (χ0) is 18.5. The van der Waals surface area contributed by atoms with Gasteiger partial charge in [0.05, 0.1) is 23.2 Å². The van der Waals surface area contributed by atoms with Crippen molar-refractivity contribution < 1.29 is 27.5 Å². The monoisotopic (exact) mass is 401 g/mol. The van der Waals surface area contributed by atoms with Crippen molar-refractivity contribution in [3.8, 4) is 0 Å². The molecule has 1 spiro atoms. The molecule has 4 rings (SSSR count). The third kappa shape index (κ3) is 2.72. The van der Waals surface area contributed by atoms with Crippen LogP contribution in [0.3, 0.4) is 0 Å². The van der Waals surface area contributed by atoms with Crippen LogP contribution < -0.4 is 0 Å². The molecule has 3 fully saturated rings. The van der Waals surface area contributed by atoms with E-state index >= 15 is 0 Å². The van der Waals surface area contributed by atoms with Crippen LogP contribution in [0.2, 0.25) is 0 Å². The van der Waals surface area contributed by atoms with Gasteiger partial charge >= 0.3 is 17.8 Å². The quantitative estimate of drug-likeness (QED) is 0.518. The standard InChI is InChI=1S/C15H19N3O6S2/c1-2-3-6-26(21,22)12-11(16-25-17-12)10-8-18-7-9(10)4-5-15(18)23-13(19)14(20)24-15/h9-10H,2-8H2,1H3. The SMILES string of the molecule is CCCCS(=O)(=O)c1nsnc1C1CN2CC1CCC21OC(=O)C(=O)O1.